The molecule has 0 saturated heterocycles. The second-order valence-corrected chi connectivity index (χ2v) is 2.25. The van der Waals surface area contributed by atoms with Crippen molar-refractivity contribution in [1.82, 2.24) is 15.1 Å². The molecule has 0 radical (unpaired) electrons. The van der Waals surface area contributed by atoms with Crippen LogP contribution in [0.3, 0.4) is 0 Å². The molecular formula is C7H7N3O2. The van der Waals surface area contributed by atoms with Gasteiger partial charge in [0, 0.05) is 6.20 Å². The molecule has 5 nitrogen and oxygen atoms in total. The van der Waals surface area contributed by atoms with Crippen molar-refractivity contribution < 1.29 is 9.63 Å². The van der Waals surface area contributed by atoms with E-state index in [9.17, 15) is 0 Å². The van der Waals surface area contributed by atoms with Gasteiger partial charge in [-0.05, 0) is 12.1 Å². The molecule has 0 aliphatic heterocycles. The molecule has 2 heterocycles. The highest BCUT2D eigenvalue weighted by molar-refractivity contribution is 5.47. The Bertz CT molecular complexity index is 352. The molecule has 0 bridgehead atoms. The van der Waals surface area contributed by atoms with E-state index < -0.39 is 0 Å². The van der Waals surface area contributed by atoms with Crippen LogP contribution in [0.2, 0.25) is 0 Å². The number of H-pyrrole nitrogens is 1. The van der Waals surface area contributed by atoms with Gasteiger partial charge in [0.25, 0.3) is 5.89 Å². The van der Waals surface area contributed by atoms with E-state index in [0.717, 1.165) is 5.69 Å². The van der Waals surface area contributed by atoms with Gasteiger partial charge < -0.3 is 14.6 Å². The van der Waals surface area contributed by atoms with Crippen LogP contribution in [0.15, 0.2) is 22.9 Å². The first kappa shape index (κ1) is 7.05. The molecule has 0 aromatic carbocycles. The van der Waals surface area contributed by atoms with Crippen LogP contribution in [0.25, 0.3) is 11.5 Å². The van der Waals surface area contributed by atoms with E-state index >= 15 is 0 Å². The van der Waals surface area contributed by atoms with E-state index in [2.05, 4.69) is 15.1 Å². The summed E-state index contributed by atoms with van der Waals surface area (Å²) in [5.41, 5.74) is 0.776. The number of aromatic amines is 1. The second-order valence-electron chi connectivity index (χ2n) is 2.25. The van der Waals surface area contributed by atoms with Crippen LogP contribution in [0.1, 0.15) is 5.89 Å². The largest absolute Gasteiger partial charge is 0.387 e. The zero-order chi connectivity index (χ0) is 8.39. The number of hydrogen-bond acceptors (Lipinski definition) is 4. The Hall–Kier alpha value is -1.62. The van der Waals surface area contributed by atoms with Gasteiger partial charge in [-0.1, -0.05) is 5.16 Å². The van der Waals surface area contributed by atoms with E-state index in [4.69, 9.17) is 9.63 Å². The normalized spacial score (nSPS) is 10.4. The third-order valence-electron chi connectivity index (χ3n) is 1.44. The zero-order valence-corrected chi connectivity index (χ0v) is 6.19. The summed E-state index contributed by atoms with van der Waals surface area (Å²) >= 11 is 0. The van der Waals surface area contributed by atoms with Crippen molar-refractivity contribution in [1.29, 1.82) is 0 Å². The number of hydrogen-bond donors (Lipinski definition) is 2. The van der Waals surface area contributed by atoms with E-state index in [1.54, 1.807) is 6.20 Å². The highest BCUT2D eigenvalue weighted by Crippen LogP contribution is 2.11. The Kier molecular flexibility index (Phi) is 1.64. The molecule has 2 aromatic heterocycles. The highest BCUT2D eigenvalue weighted by atomic mass is 16.5. The molecule has 0 spiro atoms. The molecule has 0 fully saturated rings. The Morgan fingerprint density at radius 1 is 1.58 bits per heavy atom. The van der Waals surface area contributed by atoms with Crippen molar-refractivity contribution in [3.05, 3.63) is 24.2 Å². The predicted molar refractivity (Wildman–Crippen MR) is 40.0 cm³/mol. The van der Waals surface area contributed by atoms with Crippen LogP contribution in [0.5, 0.6) is 0 Å². The molecule has 2 N–H and O–H groups in total. The summed E-state index contributed by atoms with van der Waals surface area (Å²) < 4.78 is 4.71. The summed E-state index contributed by atoms with van der Waals surface area (Å²) in [6, 6.07) is 3.66. The van der Waals surface area contributed by atoms with Crippen LogP contribution >= 0.6 is 0 Å². The first-order valence-electron chi connectivity index (χ1n) is 3.47. The zero-order valence-electron chi connectivity index (χ0n) is 6.19. The first-order chi connectivity index (χ1) is 5.90. The van der Waals surface area contributed by atoms with Crippen molar-refractivity contribution in [2.24, 2.45) is 0 Å². The van der Waals surface area contributed by atoms with Crippen molar-refractivity contribution in [2.45, 2.75) is 6.61 Å². The average Bonchev–Trinajstić information content (AvgIpc) is 2.75. The molecule has 0 atom stereocenters. The van der Waals surface area contributed by atoms with E-state index in [1.165, 1.54) is 0 Å². The van der Waals surface area contributed by atoms with Gasteiger partial charge in [-0.2, -0.15) is 4.98 Å². The van der Waals surface area contributed by atoms with Crippen molar-refractivity contribution in [2.75, 3.05) is 0 Å². The quantitative estimate of drug-likeness (QED) is 0.681. The summed E-state index contributed by atoms with van der Waals surface area (Å²) in [5, 5.41) is 12.3. The van der Waals surface area contributed by atoms with Gasteiger partial charge in [0.15, 0.2) is 0 Å². The molecule has 12 heavy (non-hydrogen) atoms. The van der Waals surface area contributed by atoms with Gasteiger partial charge in [-0.3, -0.25) is 0 Å². The number of nitrogens with zero attached hydrogens (tertiary/aromatic N) is 2. The SMILES string of the molecule is OCc1nc(-c2ccc[nH]2)no1. The molecule has 2 aromatic rings. The molecule has 0 aliphatic carbocycles. The van der Waals surface area contributed by atoms with Crippen molar-refractivity contribution in [3.63, 3.8) is 0 Å². The minimum absolute atomic E-state index is 0.222. The van der Waals surface area contributed by atoms with Crippen molar-refractivity contribution >= 4 is 0 Å². The van der Waals surface area contributed by atoms with Gasteiger partial charge in [0.2, 0.25) is 5.82 Å². The number of aliphatic hydroxyl groups is 1. The predicted octanol–water partition coefficient (Wildman–Crippen LogP) is 0.557. The van der Waals surface area contributed by atoms with Crippen molar-refractivity contribution in [3.8, 4) is 11.5 Å². The minimum atomic E-state index is -0.228. The smallest absolute Gasteiger partial charge is 0.252 e. The Balaban J connectivity index is 2.35. The number of nitrogens with one attached hydrogen (secondary N) is 1. The standard InChI is InChI=1S/C7H7N3O2/c11-4-6-9-7(10-12-6)5-2-1-3-8-5/h1-3,8,11H,4H2. The third-order valence-corrected chi connectivity index (χ3v) is 1.44. The molecule has 0 saturated carbocycles. The van der Waals surface area contributed by atoms with E-state index in [1.807, 2.05) is 12.1 Å². The number of aromatic nitrogens is 3. The van der Waals surface area contributed by atoms with E-state index in [0.29, 0.717) is 5.82 Å². The number of rotatable bonds is 2. The van der Waals surface area contributed by atoms with Gasteiger partial charge in [-0.15, -0.1) is 0 Å². The van der Waals surface area contributed by atoms with Gasteiger partial charge in [-0.25, -0.2) is 0 Å². The molecule has 2 rings (SSSR count). The summed E-state index contributed by atoms with van der Waals surface area (Å²) in [6.07, 6.45) is 1.77. The fourth-order valence-corrected chi connectivity index (χ4v) is 0.898. The lowest BCUT2D eigenvalue weighted by atomic mass is 10.4. The lowest BCUT2D eigenvalue weighted by Crippen LogP contribution is -1.82. The van der Waals surface area contributed by atoms with Crippen LogP contribution < -0.4 is 0 Å². The molecular weight excluding hydrogens is 158 g/mol. The Morgan fingerprint density at radius 3 is 3.08 bits per heavy atom. The highest BCUT2D eigenvalue weighted by Gasteiger charge is 2.06. The lowest BCUT2D eigenvalue weighted by molar-refractivity contribution is 0.222. The van der Waals surface area contributed by atoms with Gasteiger partial charge >= 0.3 is 0 Å². The van der Waals surface area contributed by atoms with Crippen LogP contribution in [-0.2, 0) is 6.61 Å². The fourth-order valence-electron chi connectivity index (χ4n) is 0.898. The number of aliphatic hydroxyl groups excluding tert-OH is 1. The van der Waals surface area contributed by atoms with Crippen LogP contribution in [-0.4, -0.2) is 20.2 Å². The molecule has 62 valence electrons. The minimum Gasteiger partial charge on any atom is -0.387 e. The Labute approximate surface area is 68.0 Å². The maximum atomic E-state index is 8.64. The van der Waals surface area contributed by atoms with Gasteiger partial charge in [0.1, 0.15) is 6.61 Å². The fraction of sp³-hybridized carbons (Fsp3) is 0.143. The maximum absolute atomic E-state index is 8.64. The lowest BCUT2D eigenvalue weighted by Gasteiger charge is -1.83. The molecule has 5 heteroatoms. The average molecular weight is 165 g/mol. The maximum Gasteiger partial charge on any atom is 0.252 e. The Morgan fingerprint density at radius 2 is 2.50 bits per heavy atom. The summed E-state index contributed by atoms with van der Waals surface area (Å²) in [5.74, 6) is 0.684. The second kappa shape index (κ2) is 2.78. The van der Waals surface area contributed by atoms with Gasteiger partial charge in [0.05, 0.1) is 5.69 Å². The third kappa shape index (κ3) is 1.10. The summed E-state index contributed by atoms with van der Waals surface area (Å²) in [4.78, 5) is 6.84. The molecule has 0 amide bonds. The molecule has 0 unspecified atom stereocenters. The summed E-state index contributed by atoms with van der Waals surface area (Å²) in [7, 11) is 0. The molecule has 0 aliphatic rings. The van der Waals surface area contributed by atoms with E-state index in [-0.39, 0.29) is 12.5 Å². The first-order valence-corrected chi connectivity index (χ1v) is 3.47. The monoisotopic (exact) mass is 165 g/mol. The van der Waals surface area contributed by atoms with Crippen LogP contribution in [0, 0.1) is 0 Å². The van der Waals surface area contributed by atoms with Crippen LogP contribution in [0.4, 0.5) is 0 Å². The topological polar surface area (TPSA) is 74.9 Å². The summed E-state index contributed by atoms with van der Waals surface area (Å²) in [6.45, 7) is -0.228.